The molecule has 212 valence electrons. The molecule has 3 heterocycles. The van der Waals surface area contributed by atoms with Crippen molar-refractivity contribution in [3.8, 4) is 16.9 Å². The standard InChI is InChI=1S/C30H36N6O2.C2H6/c1-4-24(33-14-8-20(2)3)17-27(31)36-30(37)23-7-5-6-21(16-23)18-34-29-25-11-15-38-28(25)26(19-35-29)22-9-12-32-13-10-22;1-2/h5-7,9-10,12-13,16-17,19-20,33H,4,8,11,14-15,18H2,1-3H3,(H,34,35)(H2,31,36,37);1-2H3/b24-17-;. The van der Waals surface area contributed by atoms with Crippen LogP contribution >= 0.6 is 0 Å². The summed E-state index contributed by atoms with van der Waals surface area (Å²) < 4.78 is 5.95. The zero-order valence-electron chi connectivity index (χ0n) is 24.3. The van der Waals surface area contributed by atoms with Crippen LogP contribution in [0.5, 0.6) is 5.75 Å². The lowest BCUT2D eigenvalue weighted by Crippen LogP contribution is -2.20. The van der Waals surface area contributed by atoms with E-state index in [-0.39, 0.29) is 11.7 Å². The molecule has 0 aliphatic carbocycles. The number of nitrogens with one attached hydrogen (secondary N) is 2. The van der Waals surface area contributed by atoms with Gasteiger partial charge in [-0.2, -0.15) is 4.99 Å². The van der Waals surface area contributed by atoms with Crippen LogP contribution in [0, 0.1) is 5.92 Å². The maximum Gasteiger partial charge on any atom is 0.278 e. The first-order valence-corrected chi connectivity index (χ1v) is 14.2. The molecule has 4 rings (SSSR count). The number of carbonyl (C=O) groups is 1. The Kier molecular flexibility index (Phi) is 11.7. The fraction of sp³-hybridized carbons (Fsp3) is 0.375. The number of allylic oxidation sites excluding steroid dienone is 1. The second-order valence-corrected chi connectivity index (χ2v) is 9.69. The Bertz CT molecular complexity index is 1320. The SMILES string of the molecule is CC.CC/C(=C/C(N)=NC(=O)c1cccc(CNc2ncc(-c3ccncc3)c3c2CCO3)c1)NCCC(C)C. The summed E-state index contributed by atoms with van der Waals surface area (Å²) in [5.41, 5.74) is 11.5. The predicted molar refractivity (Wildman–Crippen MR) is 164 cm³/mol. The van der Waals surface area contributed by atoms with Gasteiger partial charge in [0.05, 0.1) is 6.61 Å². The largest absolute Gasteiger partial charge is 0.492 e. The van der Waals surface area contributed by atoms with E-state index >= 15 is 0 Å². The van der Waals surface area contributed by atoms with Gasteiger partial charge >= 0.3 is 0 Å². The zero-order valence-corrected chi connectivity index (χ0v) is 24.3. The topological polar surface area (TPSA) is 115 Å². The van der Waals surface area contributed by atoms with Crippen LogP contribution in [0.3, 0.4) is 0 Å². The molecular formula is C32H42N6O2. The monoisotopic (exact) mass is 542 g/mol. The molecule has 1 aliphatic heterocycles. The Morgan fingerprint density at radius 3 is 2.70 bits per heavy atom. The number of hydrogen-bond donors (Lipinski definition) is 3. The molecule has 0 bridgehead atoms. The van der Waals surface area contributed by atoms with Gasteiger partial charge in [-0.15, -0.1) is 0 Å². The van der Waals surface area contributed by atoms with Crippen LogP contribution in [0.1, 0.15) is 68.9 Å². The van der Waals surface area contributed by atoms with Gasteiger partial charge in [-0.3, -0.25) is 9.78 Å². The van der Waals surface area contributed by atoms with E-state index in [4.69, 9.17) is 10.5 Å². The van der Waals surface area contributed by atoms with Crippen LogP contribution in [0.15, 0.2) is 71.8 Å². The Morgan fingerprint density at radius 2 is 1.98 bits per heavy atom. The normalized spacial score (nSPS) is 12.8. The highest BCUT2D eigenvalue weighted by Gasteiger charge is 2.22. The zero-order chi connectivity index (χ0) is 28.9. The molecule has 0 fully saturated rings. The van der Waals surface area contributed by atoms with Crippen LogP contribution in [0.25, 0.3) is 11.1 Å². The van der Waals surface area contributed by atoms with E-state index in [9.17, 15) is 4.79 Å². The van der Waals surface area contributed by atoms with Gasteiger partial charge in [-0.25, -0.2) is 4.98 Å². The molecule has 3 aromatic rings. The quantitative estimate of drug-likeness (QED) is 0.197. The Labute approximate surface area is 238 Å². The van der Waals surface area contributed by atoms with Crippen LogP contribution in [0.4, 0.5) is 5.82 Å². The third-order valence-electron chi connectivity index (χ3n) is 6.36. The van der Waals surface area contributed by atoms with Gasteiger partial charge in [-0.1, -0.05) is 46.8 Å². The van der Waals surface area contributed by atoms with E-state index in [1.807, 2.05) is 57.3 Å². The van der Waals surface area contributed by atoms with Crippen molar-refractivity contribution in [2.75, 3.05) is 18.5 Å². The summed E-state index contributed by atoms with van der Waals surface area (Å²) in [5.74, 6) is 2.09. The molecule has 1 aromatic carbocycles. The van der Waals surface area contributed by atoms with Crippen molar-refractivity contribution in [2.45, 2.75) is 60.4 Å². The summed E-state index contributed by atoms with van der Waals surface area (Å²) in [6.45, 7) is 12.4. The lowest BCUT2D eigenvalue weighted by atomic mass is 10.0. The fourth-order valence-corrected chi connectivity index (χ4v) is 4.27. The molecule has 4 N–H and O–H groups in total. The second kappa shape index (κ2) is 15.4. The van der Waals surface area contributed by atoms with E-state index < -0.39 is 0 Å². The van der Waals surface area contributed by atoms with Crippen molar-refractivity contribution in [2.24, 2.45) is 16.6 Å². The van der Waals surface area contributed by atoms with Gasteiger partial charge in [0.2, 0.25) is 0 Å². The highest BCUT2D eigenvalue weighted by molar-refractivity contribution is 6.06. The van der Waals surface area contributed by atoms with Crippen LogP contribution in [-0.4, -0.2) is 34.9 Å². The first-order valence-electron chi connectivity index (χ1n) is 14.2. The average Bonchev–Trinajstić information content (AvgIpc) is 3.47. The summed E-state index contributed by atoms with van der Waals surface area (Å²) in [5, 5.41) is 6.79. The van der Waals surface area contributed by atoms with Gasteiger partial charge in [0.15, 0.2) is 0 Å². The lowest BCUT2D eigenvalue weighted by molar-refractivity contribution is 0.100. The molecule has 0 unspecified atom stereocenters. The minimum atomic E-state index is -0.368. The molecule has 0 radical (unpaired) electrons. The maximum absolute atomic E-state index is 12.8. The first-order chi connectivity index (χ1) is 19.4. The van der Waals surface area contributed by atoms with Crippen molar-refractivity contribution in [3.05, 3.63) is 83.5 Å². The maximum atomic E-state index is 12.8. The van der Waals surface area contributed by atoms with Crippen molar-refractivity contribution in [1.29, 1.82) is 0 Å². The average molecular weight is 543 g/mol. The van der Waals surface area contributed by atoms with Crippen molar-refractivity contribution < 1.29 is 9.53 Å². The molecule has 0 saturated heterocycles. The summed E-state index contributed by atoms with van der Waals surface area (Å²) in [6.07, 6.45) is 9.74. The summed E-state index contributed by atoms with van der Waals surface area (Å²) in [4.78, 5) is 25.7. The third-order valence-corrected chi connectivity index (χ3v) is 6.36. The number of pyridine rings is 2. The predicted octanol–water partition coefficient (Wildman–Crippen LogP) is 6.14. The van der Waals surface area contributed by atoms with E-state index in [0.29, 0.717) is 24.6 Å². The minimum Gasteiger partial charge on any atom is -0.492 e. The molecule has 8 heteroatoms. The van der Waals surface area contributed by atoms with Gasteiger partial charge in [-0.05, 0) is 60.2 Å². The number of anilines is 1. The van der Waals surface area contributed by atoms with Crippen molar-refractivity contribution in [1.82, 2.24) is 15.3 Å². The van der Waals surface area contributed by atoms with Crippen LogP contribution in [0.2, 0.25) is 0 Å². The molecule has 0 saturated carbocycles. The van der Waals surface area contributed by atoms with Gasteiger partial charge in [0.25, 0.3) is 5.91 Å². The molecule has 1 amide bonds. The number of aliphatic imine (C=N–C) groups is 1. The first kappa shape index (κ1) is 30.3. The molecule has 0 spiro atoms. The van der Waals surface area contributed by atoms with E-state index in [2.05, 4.69) is 39.4 Å². The van der Waals surface area contributed by atoms with Crippen LogP contribution < -0.4 is 21.1 Å². The number of fused-ring (bicyclic) bond motifs is 1. The third kappa shape index (κ3) is 8.40. The number of carbonyl (C=O) groups excluding carboxylic acids is 1. The number of ether oxygens (including phenoxy) is 1. The van der Waals surface area contributed by atoms with Gasteiger partial charge < -0.3 is 21.1 Å². The molecule has 8 nitrogen and oxygen atoms in total. The molecule has 2 aromatic heterocycles. The second-order valence-electron chi connectivity index (χ2n) is 9.69. The van der Waals surface area contributed by atoms with Gasteiger partial charge in [0.1, 0.15) is 17.4 Å². The minimum absolute atomic E-state index is 0.196. The number of rotatable bonds is 11. The Morgan fingerprint density at radius 1 is 1.20 bits per heavy atom. The molecule has 1 aliphatic rings. The lowest BCUT2D eigenvalue weighted by Gasteiger charge is -2.13. The summed E-state index contributed by atoms with van der Waals surface area (Å²) in [6, 6.07) is 11.3. The highest BCUT2D eigenvalue weighted by atomic mass is 16.5. The Balaban J connectivity index is 0.00000216. The molecular weight excluding hydrogens is 500 g/mol. The number of hydrogen-bond acceptors (Lipinski definition) is 6. The number of benzene rings is 1. The van der Waals surface area contributed by atoms with E-state index in [1.54, 1.807) is 24.5 Å². The summed E-state index contributed by atoms with van der Waals surface area (Å²) in [7, 11) is 0. The number of aromatic nitrogens is 2. The van der Waals surface area contributed by atoms with Gasteiger partial charge in [0, 0.05) is 60.5 Å². The molecule has 40 heavy (non-hydrogen) atoms. The fourth-order valence-electron chi connectivity index (χ4n) is 4.27. The number of nitrogens with zero attached hydrogens (tertiary/aromatic N) is 3. The van der Waals surface area contributed by atoms with Crippen molar-refractivity contribution >= 4 is 17.6 Å². The van der Waals surface area contributed by atoms with E-state index in [1.165, 1.54) is 0 Å². The Hall–Kier alpha value is -4.20. The number of nitrogens with two attached hydrogens (primary N) is 1. The summed E-state index contributed by atoms with van der Waals surface area (Å²) >= 11 is 0. The van der Waals surface area contributed by atoms with E-state index in [0.717, 1.165) is 65.3 Å². The smallest absolute Gasteiger partial charge is 0.278 e. The van der Waals surface area contributed by atoms with Crippen LogP contribution in [-0.2, 0) is 13.0 Å². The molecule has 0 atom stereocenters. The van der Waals surface area contributed by atoms with Crippen molar-refractivity contribution in [3.63, 3.8) is 0 Å². The number of amidine groups is 1. The number of amides is 1. The highest BCUT2D eigenvalue weighted by Crippen LogP contribution is 2.39.